The molecule has 2 heterocycles. The van der Waals surface area contributed by atoms with Crippen molar-refractivity contribution in [3.05, 3.63) is 46.9 Å². The molecule has 1 saturated heterocycles. The molecule has 1 aliphatic heterocycles. The predicted molar refractivity (Wildman–Crippen MR) is 89.2 cm³/mol. The summed E-state index contributed by atoms with van der Waals surface area (Å²) in [6.45, 7) is 4.74. The molecule has 7 heteroatoms. The fraction of sp³-hybridized carbons (Fsp3) is 0.312. The molecule has 0 saturated carbocycles. The van der Waals surface area contributed by atoms with Crippen LogP contribution in [0.2, 0.25) is 5.02 Å². The number of hydrogen-bond donors (Lipinski definition) is 1. The molecule has 1 aliphatic rings. The number of nitrogens with one attached hydrogen (secondary N) is 1. The number of aromatic nitrogens is 2. The van der Waals surface area contributed by atoms with Gasteiger partial charge in [-0.15, -0.1) is 0 Å². The van der Waals surface area contributed by atoms with Crippen LogP contribution in [0.1, 0.15) is 16.1 Å². The molecule has 0 spiro atoms. The van der Waals surface area contributed by atoms with Gasteiger partial charge in [-0.25, -0.2) is 9.97 Å². The molecule has 1 N–H and O–H groups in total. The summed E-state index contributed by atoms with van der Waals surface area (Å²) in [5.74, 6) is 0.448. The average molecular weight is 333 g/mol. The number of rotatable bonds is 3. The molecule has 1 fully saturated rings. The number of anilines is 2. The first-order chi connectivity index (χ1) is 11.1. The zero-order valence-electron chi connectivity index (χ0n) is 12.8. The van der Waals surface area contributed by atoms with Crippen molar-refractivity contribution in [3.63, 3.8) is 0 Å². The molecule has 1 aromatic carbocycles. The van der Waals surface area contributed by atoms with Crippen molar-refractivity contribution < 1.29 is 9.53 Å². The van der Waals surface area contributed by atoms with Crippen LogP contribution >= 0.6 is 11.6 Å². The van der Waals surface area contributed by atoms with Gasteiger partial charge in [0.05, 0.1) is 13.2 Å². The Balaban J connectivity index is 1.78. The molecule has 1 amide bonds. The van der Waals surface area contributed by atoms with E-state index in [0.29, 0.717) is 29.6 Å². The SMILES string of the molecule is Cc1ccc(Cl)cc1NC(=O)c1cc(N2CCOCC2)ncn1. The van der Waals surface area contributed by atoms with Crippen LogP contribution in [-0.2, 0) is 4.74 Å². The van der Waals surface area contributed by atoms with E-state index in [9.17, 15) is 4.79 Å². The third-order valence-corrected chi connectivity index (χ3v) is 3.90. The lowest BCUT2D eigenvalue weighted by Crippen LogP contribution is -2.37. The Bertz CT molecular complexity index is 717. The van der Waals surface area contributed by atoms with Crippen molar-refractivity contribution in [2.24, 2.45) is 0 Å². The summed E-state index contributed by atoms with van der Waals surface area (Å²) in [7, 11) is 0. The summed E-state index contributed by atoms with van der Waals surface area (Å²) in [5.41, 5.74) is 1.93. The number of hydrogen-bond acceptors (Lipinski definition) is 5. The maximum absolute atomic E-state index is 12.4. The van der Waals surface area contributed by atoms with Crippen molar-refractivity contribution >= 4 is 29.0 Å². The first kappa shape index (κ1) is 15.7. The molecule has 1 aromatic heterocycles. The Kier molecular flexibility index (Phi) is 4.73. The third-order valence-electron chi connectivity index (χ3n) is 3.67. The van der Waals surface area contributed by atoms with Gasteiger partial charge in [0.1, 0.15) is 17.8 Å². The molecule has 0 atom stereocenters. The summed E-state index contributed by atoms with van der Waals surface area (Å²) >= 11 is 5.98. The van der Waals surface area contributed by atoms with Gasteiger partial charge in [-0.2, -0.15) is 0 Å². The quantitative estimate of drug-likeness (QED) is 0.935. The normalized spacial score (nSPS) is 14.6. The number of benzene rings is 1. The maximum atomic E-state index is 12.4. The van der Waals surface area contributed by atoms with E-state index >= 15 is 0 Å². The molecule has 23 heavy (non-hydrogen) atoms. The lowest BCUT2D eigenvalue weighted by molar-refractivity contribution is 0.102. The Morgan fingerprint density at radius 1 is 1.26 bits per heavy atom. The van der Waals surface area contributed by atoms with Gasteiger partial charge in [0.2, 0.25) is 0 Å². The van der Waals surface area contributed by atoms with Crippen LogP contribution < -0.4 is 10.2 Å². The van der Waals surface area contributed by atoms with Crippen molar-refractivity contribution in [1.82, 2.24) is 9.97 Å². The fourth-order valence-corrected chi connectivity index (χ4v) is 2.52. The fourth-order valence-electron chi connectivity index (χ4n) is 2.35. The monoisotopic (exact) mass is 332 g/mol. The van der Waals surface area contributed by atoms with Crippen molar-refractivity contribution in [1.29, 1.82) is 0 Å². The van der Waals surface area contributed by atoms with Gasteiger partial charge in [-0.3, -0.25) is 4.79 Å². The first-order valence-corrected chi connectivity index (χ1v) is 7.73. The van der Waals surface area contributed by atoms with E-state index in [1.807, 2.05) is 13.0 Å². The minimum Gasteiger partial charge on any atom is -0.378 e. The first-order valence-electron chi connectivity index (χ1n) is 7.36. The van der Waals surface area contributed by atoms with E-state index in [-0.39, 0.29) is 5.91 Å². The van der Waals surface area contributed by atoms with Gasteiger partial charge in [-0.05, 0) is 24.6 Å². The number of morpholine rings is 1. The molecule has 3 rings (SSSR count). The van der Waals surface area contributed by atoms with Crippen LogP contribution in [0.5, 0.6) is 0 Å². The Hall–Kier alpha value is -2.18. The molecular formula is C16H17ClN4O2. The zero-order valence-corrected chi connectivity index (χ0v) is 13.5. The van der Waals surface area contributed by atoms with Crippen LogP contribution in [0, 0.1) is 6.92 Å². The Morgan fingerprint density at radius 2 is 2.04 bits per heavy atom. The number of aryl methyl sites for hydroxylation is 1. The van der Waals surface area contributed by atoms with E-state index in [2.05, 4.69) is 20.2 Å². The molecule has 0 unspecified atom stereocenters. The second kappa shape index (κ2) is 6.93. The van der Waals surface area contributed by atoms with Crippen molar-refractivity contribution in [3.8, 4) is 0 Å². The minimum absolute atomic E-state index is 0.285. The molecule has 0 aliphatic carbocycles. The third kappa shape index (κ3) is 3.78. The second-order valence-corrected chi connectivity index (χ2v) is 5.71. The van der Waals surface area contributed by atoms with E-state index in [0.717, 1.165) is 24.5 Å². The van der Waals surface area contributed by atoms with Crippen LogP contribution in [0.3, 0.4) is 0 Å². The van der Waals surface area contributed by atoms with E-state index in [1.54, 1.807) is 18.2 Å². The van der Waals surface area contributed by atoms with Crippen molar-refractivity contribution in [2.45, 2.75) is 6.92 Å². The number of amides is 1. The van der Waals surface area contributed by atoms with Gasteiger partial charge in [0.25, 0.3) is 5.91 Å². The molecular weight excluding hydrogens is 316 g/mol. The number of halogens is 1. The highest BCUT2D eigenvalue weighted by Crippen LogP contribution is 2.21. The lowest BCUT2D eigenvalue weighted by Gasteiger charge is -2.27. The highest BCUT2D eigenvalue weighted by atomic mass is 35.5. The predicted octanol–water partition coefficient (Wildman–Crippen LogP) is 2.53. The van der Waals surface area contributed by atoms with E-state index < -0.39 is 0 Å². The van der Waals surface area contributed by atoms with Crippen LogP contribution in [0.4, 0.5) is 11.5 Å². The van der Waals surface area contributed by atoms with Crippen LogP contribution in [0.15, 0.2) is 30.6 Å². The maximum Gasteiger partial charge on any atom is 0.274 e. The summed E-state index contributed by atoms with van der Waals surface area (Å²) in [6.07, 6.45) is 1.41. The standard InChI is InChI=1S/C16H17ClN4O2/c1-11-2-3-12(17)8-13(11)20-16(22)14-9-15(19-10-18-14)21-4-6-23-7-5-21/h2-3,8-10H,4-7H2,1H3,(H,20,22). The summed E-state index contributed by atoms with van der Waals surface area (Å²) < 4.78 is 5.33. The van der Waals surface area contributed by atoms with Gasteiger partial charge in [0.15, 0.2) is 0 Å². The number of carbonyl (C=O) groups excluding carboxylic acids is 1. The van der Waals surface area contributed by atoms with E-state index in [4.69, 9.17) is 16.3 Å². The molecule has 0 radical (unpaired) electrons. The minimum atomic E-state index is -0.285. The number of carbonyl (C=O) groups is 1. The van der Waals surface area contributed by atoms with Crippen molar-refractivity contribution in [2.75, 3.05) is 36.5 Å². The zero-order chi connectivity index (χ0) is 16.2. The second-order valence-electron chi connectivity index (χ2n) is 5.27. The van der Waals surface area contributed by atoms with Crippen LogP contribution in [0.25, 0.3) is 0 Å². The van der Waals surface area contributed by atoms with Gasteiger partial charge < -0.3 is 15.0 Å². The van der Waals surface area contributed by atoms with Gasteiger partial charge >= 0.3 is 0 Å². The highest BCUT2D eigenvalue weighted by molar-refractivity contribution is 6.31. The summed E-state index contributed by atoms with van der Waals surface area (Å²) in [5, 5.41) is 3.41. The Morgan fingerprint density at radius 3 is 2.83 bits per heavy atom. The smallest absolute Gasteiger partial charge is 0.274 e. The summed E-state index contributed by atoms with van der Waals surface area (Å²) in [4.78, 5) is 22.8. The van der Waals surface area contributed by atoms with Gasteiger partial charge in [0, 0.05) is 29.9 Å². The van der Waals surface area contributed by atoms with E-state index in [1.165, 1.54) is 6.33 Å². The summed E-state index contributed by atoms with van der Waals surface area (Å²) in [6, 6.07) is 7.06. The molecule has 6 nitrogen and oxygen atoms in total. The molecule has 120 valence electrons. The Labute approximate surface area is 139 Å². The molecule has 0 bridgehead atoms. The van der Waals surface area contributed by atoms with Gasteiger partial charge in [-0.1, -0.05) is 17.7 Å². The topological polar surface area (TPSA) is 67.4 Å². The average Bonchev–Trinajstić information content (AvgIpc) is 2.59. The van der Waals surface area contributed by atoms with Crippen LogP contribution in [-0.4, -0.2) is 42.2 Å². The molecule has 2 aromatic rings. The largest absolute Gasteiger partial charge is 0.378 e. The highest BCUT2D eigenvalue weighted by Gasteiger charge is 2.16. The number of nitrogens with zero attached hydrogens (tertiary/aromatic N) is 3. The number of ether oxygens (including phenoxy) is 1. The lowest BCUT2D eigenvalue weighted by atomic mass is 10.2.